The summed E-state index contributed by atoms with van der Waals surface area (Å²) < 4.78 is 0. The summed E-state index contributed by atoms with van der Waals surface area (Å²) in [6.45, 7) is 1.96. The molecule has 0 heterocycles. The van der Waals surface area contributed by atoms with Crippen LogP contribution in [-0.4, -0.2) is 5.84 Å². The molecular formula is C9H11ClN2. The van der Waals surface area contributed by atoms with E-state index in [1.54, 1.807) is 6.07 Å². The van der Waals surface area contributed by atoms with Crippen molar-refractivity contribution in [3.8, 4) is 0 Å². The van der Waals surface area contributed by atoms with Gasteiger partial charge >= 0.3 is 0 Å². The molecule has 1 aromatic carbocycles. The molecule has 12 heavy (non-hydrogen) atoms. The van der Waals surface area contributed by atoms with Crippen molar-refractivity contribution >= 4 is 23.1 Å². The molecule has 0 fully saturated rings. The fourth-order valence-electron chi connectivity index (χ4n) is 0.791. The molecule has 1 rings (SSSR count). The molecule has 2 N–H and O–H groups in total. The zero-order valence-electron chi connectivity index (χ0n) is 6.92. The summed E-state index contributed by atoms with van der Waals surface area (Å²) in [5.74, 6) is 0.622. The van der Waals surface area contributed by atoms with Crippen LogP contribution in [0.4, 0.5) is 5.69 Å². The van der Waals surface area contributed by atoms with E-state index in [0.717, 1.165) is 12.1 Å². The molecule has 0 aromatic heterocycles. The van der Waals surface area contributed by atoms with Crippen molar-refractivity contribution in [2.24, 2.45) is 10.7 Å². The van der Waals surface area contributed by atoms with E-state index in [4.69, 9.17) is 17.3 Å². The molecular weight excluding hydrogens is 172 g/mol. The topological polar surface area (TPSA) is 38.4 Å². The summed E-state index contributed by atoms with van der Waals surface area (Å²) in [6, 6.07) is 7.31. The van der Waals surface area contributed by atoms with Gasteiger partial charge < -0.3 is 5.73 Å². The number of benzene rings is 1. The number of nitrogens with two attached hydrogens (primary N) is 1. The van der Waals surface area contributed by atoms with Crippen LogP contribution in [0.25, 0.3) is 0 Å². The third-order valence-electron chi connectivity index (χ3n) is 1.44. The zero-order valence-corrected chi connectivity index (χ0v) is 7.67. The number of amidine groups is 1. The van der Waals surface area contributed by atoms with E-state index in [2.05, 4.69) is 4.99 Å². The lowest BCUT2D eigenvalue weighted by molar-refractivity contribution is 1.24. The third-order valence-corrected chi connectivity index (χ3v) is 1.68. The van der Waals surface area contributed by atoms with E-state index < -0.39 is 0 Å². The van der Waals surface area contributed by atoms with Gasteiger partial charge in [0.2, 0.25) is 0 Å². The molecule has 0 radical (unpaired) electrons. The number of hydrogen-bond donors (Lipinski definition) is 1. The van der Waals surface area contributed by atoms with Gasteiger partial charge in [0.15, 0.2) is 0 Å². The van der Waals surface area contributed by atoms with Crippen LogP contribution in [0.15, 0.2) is 29.3 Å². The van der Waals surface area contributed by atoms with E-state index in [9.17, 15) is 0 Å². The largest absolute Gasteiger partial charge is 0.387 e. The lowest BCUT2D eigenvalue weighted by atomic mass is 10.3. The van der Waals surface area contributed by atoms with Crippen molar-refractivity contribution in [2.45, 2.75) is 13.3 Å². The van der Waals surface area contributed by atoms with Crippen LogP contribution < -0.4 is 5.73 Å². The summed E-state index contributed by atoms with van der Waals surface area (Å²) in [6.07, 6.45) is 0.756. The van der Waals surface area contributed by atoms with Crippen LogP contribution in [0.1, 0.15) is 13.3 Å². The number of halogens is 1. The monoisotopic (exact) mass is 182 g/mol. The highest BCUT2D eigenvalue weighted by Gasteiger charge is 1.91. The summed E-state index contributed by atoms with van der Waals surface area (Å²) in [7, 11) is 0. The third kappa shape index (κ3) is 2.55. The van der Waals surface area contributed by atoms with Gasteiger partial charge in [-0.25, -0.2) is 4.99 Å². The van der Waals surface area contributed by atoms with Crippen LogP contribution in [-0.2, 0) is 0 Å². The normalized spacial score (nSPS) is 11.7. The first-order valence-corrected chi connectivity index (χ1v) is 4.18. The Morgan fingerprint density at radius 1 is 1.58 bits per heavy atom. The van der Waals surface area contributed by atoms with E-state index in [1.165, 1.54) is 0 Å². The molecule has 3 heteroatoms. The Morgan fingerprint density at radius 2 is 2.33 bits per heavy atom. The summed E-state index contributed by atoms with van der Waals surface area (Å²) in [5, 5.41) is 0.681. The Bertz CT molecular complexity index is 294. The summed E-state index contributed by atoms with van der Waals surface area (Å²) in [4.78, 5) is 4.15. The van der Waals surface area contributed by atoms with Crippen LogP contribution in [0.3, 0.4) is 0 Å². The summed E-state index contributed by atoms with van der Waals surface area (Å²) >= 11 is 5.76. The number of aliphatic imine (C=N–C) groups is 1. The second-order valence-electron chi connectivity index (χ2n) is 2.44. The highest BCUT2D eigenvalue weighted by molar-refractivity contribution is 6.30. The SMILES string of the molecule is CCC(N)=Nc1cccc(Cl)c1. The highest BCUT2D eigenvalue weighted by atomic mass is 35.5. The minimum absolute atomic E-state index is 0.622. The molecule has 2 nitrogen and oxygen atoms in total. The van der Waals surface area contributed by atoms with Crippen molar-refractivity contribution in [3.63, 3.8) is 0 Å². The smallest absolute Gasteiger partial charge is 0.0993 e. The van der Waals surface area contributed by atoms with Crippen molar-refractivity contribution in [2.75, 3.05) is 0 Å². The van der Waals surface area contributed by atoms with E-state index in [0.29, 0.717) is 10.9 Å². The maximum Gasteiger partial charge on any atom is 0.0993 e. The fourth-order valence-corrected chi connectivity index (χ4v) is 0.975. The Hall–Kier alpha value is -1.02. The highest BCUT2D eigenvalue weighted by Crippen LogP contribution is 2.17. The molecule has 0 aliphatic heterocycles. The molecule has 0 spiro atoms. The molecule has 0 aliphatic carbocycles. The first-order chi connectivity index (χ1) is 5.72. The van der Waals surface area contributed by atoms with Gasteiger partial charge in [-0.05, 0) is 18.2 Å². The van der Waals surface area contributed by atoms with Gasteiger partial charge in [-0.2, -0.15) is 0 Å². The molecule has 0 unspecified atom stereocenters. The predicted octanol–water partition coefficient (Wildman–Crippen LogP) is 2.74. The molecule has 0 atom stereocenters. The van der Waals surface area contributed by atoms with Crippen LogP contribution in [0.5, 0.6) is 0 Å². The molecule has 0 saturated heterocycles. The van der Waals surface area contributed by atoms with Gasteiger partial charge in [-0.15, -0.1) is 0 Å². The van der Waals surface area contributed by atoms with E-state index >= 15 is 0 Å². The van der Waals surface area contributed by atoms with E-state index in [1.807, 2.05) is 25.1 Å². The van der Waals surface area contributed by atoms with Gasteiger partial charge in [0.1, 0.15) is 0 Å². The molecule has 0 amide bonds. The fraction of sp³-hybridized carbons (Fsp3) is 0.222. The lowest BCUT2D eigenvalue weighted by Crippen LogP contribution is -2.08. The van der Waals surface area contributed by atoms with Crippen LogP contribution in [0, 0.1) is 0 Å². The average molecular weight is 183 g/mol. The molecule has 0 saturated carbocycles. The number of nitrogens with zero attached hydrogens (tertiary/aromatic N) is 1. The molecule has 0 aliphatic rings. The number of hydrogen-bond acceptors (Lipinski definition) is 1. The Labute approximate surface area is 77.1 Å². The average Bonchev–Trinajstić information content (AvgIpc) is 2.04. The molecule has 64 valence electrons. The quantitative estimate of drug-likeness (QED) is 0.555. The second kappa shape index (κ2) is 4.12. The van der Waals surface area contributed by atoms with E-state index in [-0.39, 0.29) is 0 Å². The standard InChI is InChI=1S/C9H11ClN2/c1-2-9(11)12-8-5-3-4-7(10)6-8/h3-6H,2H2,1H3,(H2,11,12). The maximum atomic E-state index is 5.76. The van der Waals surface area contributed by atoms with Gasteiger partial charge in [-0.1, -0.05) is 24.6 Å². The zero-order chi connectivity index (χ0) is 8.97. The second-order valence-corrected chi connectivity index (χ2v) is 2.87. The molecule has 0 bridgehead atoms. The maximum absolute atomic E-state index is 5.76. The predicted molar refractivity (Wildman–Crippen MR) is 53.0 cm³/mol. The minimum Gasteiger partial charge on any atom is -0.387 e. The lowest BCUT2D eigenvalue weighted by Gasteiger charge is -1.96. The van der Waals surface area contributed by atoms with Gasteiger partial charge in [0, 0.05) is 11.4 Å². The molecule has 1 aromatic rings. The Morgan fingerprint density at radius 3 is 2.92 bits per heavy atom. The summed E-state index contributed by atoms with van der Waals surface area (Å²) in [5.41, 5.74) is 6.37. The van der Waals surface area contributed by atoms with Gasteiger partial charge in [0.05, 0.1) is 11.5 Å². The van der Waals surface area contributed by atoms with Crippen LogP contribution in [0.2, 0.25) is 5.02 Å². The van der Waals surface area contributed by atoms with Crippen molar-refractivity contribution in [1.29, 1.82) is 0 Å². The van der Waals surface area contributed by atoms with Gasteiger partial charge in [0.25, 0.3) is 0 Å². The Balaban J connectivity index is 2.89. The first kappa shape index (κ1) is 9.07. The number of rotatable bonds is 2. The first-order valence-electron chi connectivity index (χ1n) is 3.81. The Kier molecular flexibility index (Phi) is 3.11. The van der Waals surface area contributed by atoms with Gasteiger partial charge in [-0.3, -0.25) is 0 Å². The van der Waals surface area contributed by atoms with Crippen LogP contribution >= 0.6 is 11.6 Å². The van der Waals surface area contributed by atoms with Crippen molar-refractivity contribution in [3.05, 3.63) is 29.3 Å². The van der Waals surface area contributed by atoms with Crippen molar-refractivity contribution in [1.82, 2.24) is 0 Å². The van der Waals surface area contributed by atoms with Crippen molar-refractivity contribution < 1.29 is 0 Å². The minimum atomic E-state index is 0.622.